The zero-order valence-corrected chi connectivity index (χ0v) is 13.0. The van der Waals surface area contributed by atoms with Gasteiger partial charge in [-0.1, -0.05) is 12.2 Å². The number of nitrogens with zero attached hydrogens (tertiary/aromatic N) is 3. The molecular weight excluding hydrogens is 317 g/mol. The largest absolute Gasteiger partial charge is 0.391 e. The van der Waals surface area contributed by atoms with Crippen molar-refractivity contribution in [3.05, 3.63) is 47.0 Å². The molecule has 0 fully saturated rings. The molecule has 0 unspecified atom stereocenters. The van der Waals surface area contributed by atoms with E-state index in [-0.39, 0.29) is 24.0 Å². The van der Waals surface area contributed by atoms with E-state index in [0.717, 1.165) is 6.07 Å². The Morgan fingerprint density at radius 3 is 2.96 bits per heavy atom. The van der Waals surface area contributed by atoms with Crippen molar-refractivity contribution in [2.45, 2.75) is 25.6 Å². The van der Waals surface area contributed by atoms with E-state index in [0.29, 0.717) is 5.52 Å². The lowest BCUT2D eigenvalue weighted by atomic mass is 10.2. The molecule has 2 atom stereocenters. The predicted molar refractivity (Wildman–Crippen MR) is 85.6 cm³/mol. The summed E-state index contributed by atoms with van der Waals surface area (Å²) in [5.74, 6) is -1.21. The Labute approximate surface area is 136 Å². The van der Waals surface area contributed by atoms with Gasteiger partial charge in [-0.25, -0.2) is 9.97 Å². The number of pyridine rings is 1. The fourth-order valence-electron chi connectivity index (χ4n) is 1.93. The maximum Gasteiger partial charge on any atom is 0.261 e. The van der Waals surface area contributed by atoms with Gasteiger partial charge in [0.2, 0.25) is 11.9 Å². The number of nitrogens with two attached hydrogens (primary N) is 1. The van der Waals surface area contributed by atoms with Crippen LogP contribution in [0.2, 0.25) is 0 Å². The molecule has 4 N–H and O–H groups in total. The summed E-state index contributed by atoms with van der Waals surface area (Å²) in [6.45, 7) is 1.84. The van der Waals surface area contributed by atoms with Gasteiger partial charge in [-0.05, 0) is 6.92 Å². The van der Waals surface area contributed by atoms with Crippen molar-refractivity contribution in [1.82, 2.24) is 19.9 Å². The molecule has 24 heavy (non-hydrogen) atoms. The summed E-state index contributed by atoms with van der Waals surface area (Å²) in [7, 11) is 0. The third-order valence-corrected chi connectivity index (χ3v) is 3.36. The Bertz CT molecular complexity index is 818. The molecule has 128 valence electrons. The van der Waals surface area contributed by atoms with Gasteiger partial charge in [0.25, 0.3) is 5.56 Å². The van der Waals surface area contributed by atoms with Gasteiger partial charge in [-0.2, -0.15) is 4.39 Å². The van der Waals surface area contributed by atoms with Crippen molar-refractivity contribution in [3.63, 3.8) is 0 Å². The minimum Gasteiger partial charge on any atom is -0.391 e. The number of hydrogen-bond acceptors (Lipinski definition) is 6. The number of amides is 1. The van der Waals surface area contributed by atoms with Crippen LogP contribution in [-0.4, -0.2) is 44.2 Å². The quantitative estimate of drug-likeness (QED) is 0.474. The van der Waals surface area contributed by atoms with Crippen molar-refractivity contribution in [3.8, 4) is 0 Å². The van der Waals surface area contributed by atoms with Gasteiger partial charge in [0.1, 0.15) is 6.04 Å². The highest BCUT2D eigenvalue weighted by Gasteiger charge is 2.17. The molecule has 2 aromatic heterocycles. The summed E-state index contributed by atoms with van der Waals surface area (Å²) in [5.41, 5.74) is 5.41. The van der Waals surface area contributed by atoms with Crippen LogP contribution < -0.4 is 16.6 Å². The zero-order chi connectivity index (χ0) is 17.7. The van der Waals surface area contributed by atoms with Gasteiger partial charge in [0.15, 0.2) is 0 Å². The smallest absolute Gasteiger partial charge is 0.261 e. The Balaban J connectivity index is 1.97. The van der Waals surface area contributed by atoms with Crippen LogP contribution in [0.25, 0.3) is 10.9 Å². The molecule has 0 aromatic carbocycles. The van der Waals surface area contributed by atoms with E-state index in [1.165, 1.54) is 24.0 Å². The Morgan fingerprint density at radius 1 is 1.50 bits per heavy atom. The molecule has 2 rings (SSSR count). The van der Waals surface area contributed by atoms with Crippen molar-refractivity contribution in [2.24, 2.45) is 5.73 Å². The lowest BCUT2D eigenvalue weighted by Gasteiger charge is -2.13. The third-order valence-electron chi connectivity index (χ3n) is 3.36. The van der Waals surface area contributed by atoms with Crippen molar-refractivity contribution < 1.29 is 14.3 Å². The highest BCUT2D eigenvalue weighted by Crippen LogP contribution is 2.05. The number of aliphatic hydroxyl groups is 1. The number of halogens is 1. The van der Waals surface area contributed by atoms with Gasteiger partial charge < -0.3 is 16.2 Å². The first-order valence-corrected chi connectivity index (χ1v) is 7.27. The zero-order valence-electron chi connectivity index (χ0n) is 13.0. The number of fused-ring (bicyclic) bond motifs is 1. The predicted octanol–water partition coefficient (Wildman–Crippen LogP) is -0.689. The molecule has 8 nitrogen and oxygen atoms in total. The first kappa shape index (κ1) is 17.7. The van der Waals surface area contributed by atoms with Crippen molar-refractivity contribution in [1.29, 1.82) is 0 Å². The molecule has 2 heterocycles. The second-order valence-electron chi connectivity index (χ2n) is 5.21. The van der Waals surface area contributed by atoms with E-state index in [4.69, 9.17) is 5.73 Å². The number of aliphatic hydroxyl groups excluding tert-OH is 1. The second-order valence-corrected chi connectivity index (χ2v) is 5.21. The maximum absolute atomic E-state index is 13.1. The topological polar surface area (TPSA) is 123 Å². The summed E-state index contributed by atoms with van der Waals surface area (Å²) >= 11 is 0. The van der Waals surface area contributed by atoms with E-state index >= 15 is 0 Å². The summed E-state index contributed by atoms with van der Waals surface area (Å²) in [5, 5.41) is 11.9. The highest BCUT2D eigenvalue weighted by atomic mass is 19.1. The summed E-state index contributed by atoms with van der Waals surface area (Å²) < 4.78 is 14.4. The minimum absolute atomic E-state index is 0.148. The van der Waals surface area contributed by atoms with Crippen LogP contribution in [0.5, 0.6) is 0 Å². The number of aromatic nitrogens is 3. The Morgan fingerprint density at radius 2 is 2.25 bits per heavy atom. The number of hydrogen-bond donors (Lipinski definition) is 3. The van der Waals surface area contributed by atoms with Crippen molar-refractivity contribution in [2.75, 3.05) is 6.54 Å². The molecule has 0 bridgehead atoms. The minimum atomic E-state index is -0.991. The number of carbonyl (C=O) groups is 1. The molecule has 9 heteroatoms. The molecule has 0 saturated carbocycles. The molecule has 0 aliphatic carbocycles. The molecule has 2 aromatic rings. The average Bonchev–Trinajstić information content (AvgIpc) is 2.55. The van der Waals surface area contributed by atoms with Crippen LogP contribution in [0, 0.1) is 5.95 Å². The van der Waals surface area contributed by atoms with E-state index in [1.807, 2.05) is 0 Å². The molecular formula is C15H18FN5O3. The van der Waals surface area contributed by atoms with Gasteiger partial charge in [-0.15, -0.1) is 0 Å². The number of rotatable bonds is 6. The van der Waals surface area contributed by atoms with E-state index < -0.39 is 24.0 Å². The monoisotopic (exact) mass is 335 g/mol. The van der Waals surface area contributed by atoms with Crippen molar-refractivity contribution >= 4 is 16.8 Å². The molecule has 0 spiro atoms. The molecule has 0 saturated heterocycles. The fraction of sp³-hybridized carbons (Fsp3) is 0.333. The van der Waals surface area contributed by atoms with Crippen LogP contribution in [0.15, 0.2) is 35.5 Å². The van der Waals surface area contributed by atoms with Crippen LogP contribution in [-0.2, 0) is 11.3 Å². The molecule has 1 amide bonds. The van der Waals surface area contributed by atoms with E-state index in [9.17, 15) is 19.1 Å². The Kier molecular flexibility index (Phi) is 5.72. The van der Waals surface area contributed by atoms with Gasteiger partial charge in [0.05, 0.1) is 29.5 Å². The maximum atomic E-state index is 13.1. The number of nitrogens with one attached hydrogen (secondary N) is 1. The molecule has 0 aliphatic heterocycles. The average molecular weight is 335 g/mol. The second kappa shape index (κ2) is 7.75. The van der Waals surface area contributed by atoms with E-state index in [2.05, 4.69) is 15.3 Å². The lowest BCUT2D eigenvalue weighted by Crippen LogP contribution is -2.47. The fourth-order valence-corrected chi connectivity index (χ4v) is 1.93. The Hall–Kier alpha value is -2.65. The SMILES string of the molecule is C[C@@H](O)[C@H](N)C(=O)NC/C=C/Cn1cnc2cnc(F)cc2c1=O. The van der Waals surface area contributed by atoms with Crippen LogP contribution in [0.4, 0.5) is 4.39 Å². The normalized spacial score (nSPS) is 14.0. The van der Waals surface area contributed by atoms with Gasteiger partial charge >= 0.3 is 0 Å². The summed E-state index contributed by atoms with van der Waals surface area (Å²) in [4.78, 5) is 31.2. The summed E-state index contributed by atoms with van der Waals surface area (Å²) in [6, 6.07) is 0.0527. The number of carbonyl (C=O) groups excluding carboxylic acids is 1. The van der Waals surface area contributed by atoms with Gasteiger partial charge in [0, 0.05) is 19.2 Å². The standard InChI is InChI=1S/C15H18FN5O3/c1-9(22)13(17)14(23)18-4-2-3-5-21-8-20-11-7-19-12(16)6-10(11)15(21)24/h2-3,6-9,13,22H,4-5,17H2,1H3,(H,18,23)/b3-2+/t9-,13+/m1/s1. The highest BCUT2D eigenvalue weighted by molar-refractivity contribution is 5.82. The van der Waals surface area contributed by atoms with Crippen LogP contribution in [0.1, 0.15) is 6.92 Å². The van der Waals surface area contributed by atoms with Crippen LogP contribution in [0.3, 0.4) is 0 Å². The lowest BCUT2D eigenvalue weighted by molar-refractivity contribution is -0.124. The molecule has 0 aliphatic rings. The number of allylic oxidation sites excluding steroid dienone is 1. The van der Waals surface area contributed by atoms with Gasteiger partial charge in [-0.3, -0.25) is 14.2 Å². The van der Waals surface area contributed by atoms with E-state index in [1.54, 1.807) is 12.2 Å². The molecule has 0 radical (unpaired) electrons. The summed E-state index contributed by atoms with van der Waals surface area (Å²) in [6.07, 6.45) is 4.90. The third kappa shape index (κ3) is 4.21. The first-order chi connectivity index (χ1) is 11.4. The first-order valence-electron chi connectivity index (χ1n) is 7.27. The van der Waals surface area contributed by atoms with Crippen LogP contribution >= 0.6 is 0 Å².